The van der Waals surface area contributed by atoms with Crippen molar-refractivity contribution in [1.29, 1.82) is 0 Å². The van der Waals surface area contributed by atoms with Crippen LogP contribution in [0.25, 0.3) is 0 Å². The first-order chi connectivity index (χ1) is 8.45. The Morgan fingerprint density at radius 1 is 1.39 bits per heavy atom. The van der Waals surface area contributed by atoms with Gasteiger partial charge in [0.15, 0.2) is 0 Å². The van der Waals surface area contributed by atoms with Gasteiger partial charge in [-0.25, -0.2) is 18.7 Å². The molecule has 1 atom stereocenters. The van der Waals surface area contributed by atoms with Gasteiger partial charge in [-0.3, -0.25) is 0 Å². The molecule has 1 aromatic rings. The maximum absolute atomic E-state index is 12.2. The Labute approximate surface area is 109 Å². The van der Waals surface area contributed by atoms with Gasteiger partial charge in [0, 0.05) is 18.5 Å². The van der Waals surface area contributed by atoms with Gasteiger partial charge in [-0.05, 0) is 13.3 Å². The van der Waals surface area contributed by atoms with Crippen LogP contribution in [0.5, 0.6) is 0 Å². The van der Waals surface area contributed by atoms with Gasteiger partial charge in [0.25, 0.3) is 6.43 Å². The van der Waals surface area contributed by atoms with Crippen LogP contribution >= 0.6 is 11.6 Å². The molecule has 0 saturated carbocycles. The zero-order chi connectivity index (χ0) is 13.7. The Balaban J connectivity index is 2.80. The number of nitrogens with zero attached hydrogens (tertiary/aromatic N) is 2. The summed E-state index contributed by atoms with van der Waals surface area (Å²) >= 11 is 5.93. The number of hydrogen-bond acceptors (Lipinski definition) is 4. The Hall–Kier alpha value is -1.01. The minimum absolute atomic E-state index is 0.280. The summed E-state index contributed by atoms with van der Waals surface area (Å²) in [6.07, 6.45) is -3.00. The average molecular weight is 280 g/mol. The van der Waals surface area contributed by atoms with Crippen molar-refractivity contribution in [3.05, 3.63) is 16.5 Å². The van der Waals surface area contributed by atoms with E-state index in [1.54, 1.807) is 6.92 Å². The zero-order valence-electron chi connectivity index (χ0n) is 10.3. The molecule has 0 radical (unpaired) electrons. The van der Waals surface area contributed by atoms with E-state index in [0.717, 1.165) is 6.42 Å². The first-order valence-corrected chi connectivity index (χ1v) is 6.06. The second-order valence-electron chi connectivity index (χ2n) is 3.94. The minimum atomic E-state index is -2.79. The molecule has 2 N–H and O–H groups in total. The number of alkyl halides is 2. The van der Waals surface area contributed by atoms with Crippen LogP contribution in [0.1, 0.15) is 24.7 Å². The molecule has 0 saturated heterocycles. The van der Waals surface area contributed by atoms with Crippen molar-refractivity contribution in [2.75, 3.05) is 11.9 Å². The fraction of sp³-hybridized carbons (Fsp3) is 0.636. The molecule has 1 rings (SSSR count). The first-order valence-electron chi connectivity index (χ1n) is 5.68. The SMILES string of the molecule is CCCc1nc(Cl)c(C)c(NCC(O)C(F)F)n1. The van der Waals surface area contributed by atoms with Crippen molar-refractivity contribution >= 4 is 17.4 Å². The van der Waals surface area contributed by atoms with Crippen molar-refractivity contribution in [2.24, 2.45) is 0 Å². The molecule has 0 amide bonds. The van der Waals surface area contributed by atoms with E-state index in [4.69, 9.17) is 16.7 Å². The molecule has 1 aromatic heterocycles. The van der Waals surface area contributed by atoms with E-state index in [1.165, 1.54) is 0 Å². The summed E-state index contributed by atoms with van der Waals surface area (Å²) in [5.74, 6) is 0.945. The van der Waals surface area contributed by atoms with E-state index < -0.39 is 12.5 Å². The van der Waals surface area contributed by atoms with Crippen molar-refractivity contribution in [3.8, 4) is 0 Å². The maximum atomic E-state index is 12.2. The second-order valence-corrected chi connectivity index (χ2v) is 4.29. The molecule has 0 aliphatic carbocycles. The molecule has 1 heterocycles. The molecule has 4 nitrogen and oxygen atoms in total. The fourth-order valence-electron chi connectivity index (χ4n) is 1.33. The third-order valence-corrected chi connectivity index (χ3v) is 2.74. The van der Waals surface area contributed by atoms with Gasteiger partial charge < -0.3 is 10.4 Å². The van der Waals surface area contributed by atoms with Gasteiger partial charge in [0.2, 0.25) is 0 Å². The summed E-state index contributed by atoms with van der Waals surface area (Å²) in [6.45, 7) is 3.39. The van der Waals surface area contributed by atoms with E-state index in [1.807, 2.05) is 6.92 Å². The molecular weight excluding hydrogens is 264 g/mol. The lowest BCUT2D eigenvalue weighted by Crippen LogP contribution is -2.27. The van der Waals surface area contributed by atoms with Crippen LogP contribution in [0.4, 0.5) is 14.6 Å². The van der Waals surface area contributed by atoms with Crippen molar-refractivity contribution in [1.82, 2.24) is 9.97 Å². The molecule has 0 fully saturated rings. The van der Waals surface area contributed by atoms with Gasteiger partial charge in [-0.15, -0.1) is 0 Å². The molecule has 18 heavy (non-hydrogen) atoms. The standard InChI is InChI=1S/C11H16ClF2N3O/c1-3-4-8-16-9(12)6(2)11(17-8)15-5-7(18)10(13)14/h7,10,18H,3-5H2,1-2H3,(H,15,16,17). The lowest BCUT2D eigenvalue weighted by atomic mass is 10.3. The smallest absolute Gasteiger partial charge is 0.265 e. The third-order valence-electron chi connectivity index (χ3n) is 2.38. The Kier molecular flexibility index (Phi) is 5.68. The summed E-state index contributed by atoms with van der Waals surface area (Å²) in [4.78, 5) is 8.28. The van der Waals surface area contributed by atoms with Crippen LogP contribution in [-0.2, 0) is 6.42 Å². The van der Waals surface area contributed by atoms with Gasteiger partial charge in [0.05, 0.1) is 0 Å². The molecule has 0 aliphatic rings. The van der Waals surface area contributed by atoms with Crippen molar-refractivity contribution in [2.45, 2.75) is 39.2 Å². The summed E-state index contributed by atoms with van der Waals surface area (Å²) in [5, 5.41) is 12.0. The number of hydrogen-bond donors (Lipinski definition) is 2. The normalized spacial score (nSPS) is 12.8. The molecule has 0 aliphatic heterocycles. The molecular formula is C11H16ClF2N3O. The number of aliphatic hydroxyl groups is 1. The van der Waals surface area contributed by atoms with Crippen LogP contribution in [0.15, 0.2) is 0 Å². The number of rotatable bonds is 6. The fourth-order valence-corrected chi connectivity index (χ4v) is 1.52. The number of nitrogens with one attached hydrogen (secondary N) is 1. The van der Waals surface area contributed by atoms with E-state index >= 15 is 0 Å². The molecule has 7 heteroatoms. The number of aromatic nitrogens is 2. The highest BCUT2D eigenvalue weighted by atomic mass is 35.5. The highest BCUT2D eigenvalue weighted by Gasteiger charge is 2.17. The van der Waals surface area contributed by atoms with Crippen molar-refractivity contribution < 1.29 is 13.9 Å². The monoisotopic (exact) mass is 279 g/mol. The number of anilines is 1. The average Bonchev–Trinajstić information content (AvgIpc) is 2.31. The topological polar surface area (TPSA) is 58.0 Å². The number of halogens is 3. The zero-order valence-corrected chi connectivity index (χ0v) is 11.0. The van der Waals surface area contributed by atoms with Crippen LogP contribution in [0.2, 0.25) is 5.15 Å². The lowest BCUT2D eigenvalue weighted by Gasteiger charge is -2.14. The second kappa shape index (κ2) is 6.80. The first kappa shape index (κ1) is 15.0. The summed E-state index contributed by atoms with van der Waals surface area (Å²) in [7, 11) is 0. The highest BCUT2D eigenvalue weighted by molar-refractivity contribution is 6.30. The Morgan fingerprint density at radius 2 is 2.06 bits per heavy atom. The molecule has 0 spiro atoms. The van der Waals surface area contributed by atoms with Gasteiger partial charge in [0.1, 0.15) is 22.9 Å². The van der Waals surface area contributed by atoms with E-state index in [2.05, 4.69) is 15.3 Å². The quantitative estimate of drug-likeness (QED) is 0.785. The molecule has 0 bridgehead atoms. The van der Waals surface area contributed by atoms with Gasteiger partial charge in [-0.2, -0.15) is 0 Å². The van der Waals surface area contributed by atoms with E-state index in [-0.39, 0.29) is 6.54 Å². The lowest BCUT2D eigenvalue weighted by molar-refractivity contribution is 0.00380. The summed E-state index contributed by atoms with van der Waals surface area (Å²) in [5.41, 5.74) is 0.581. The number of aliphatic hydroxyl groups excluding tert-OH is 1. The molecule has 102 valence electrons. The predicted molar refractivity (Wildman–Crippen MR) is 66.3 cm³/mol. The van der Waals surface area contributed by atoms with Crippen LogP contribution in [-0.4, -0.2) is 34.1 Å². The van der Waals surface area contributed by atoms with Gasteiger partial charge >= 0.3 is 0 Å². The van der Waals surface area contributed by atoms with E-state index in [9.17, 15) is 8.78 Å². The van der Waals surface area contributed by atoms with E-state index in [0.29, 0.717) is 28.8 Å². The van der Waals surface area contributed by atoms with Gasteiger partial charge in [-0.1, -0.05) is 18.5 Å². The van der Waals surface area contributed by atoms with Crippen molar-refractivity contribution in [3.63, 3.8) is 0 Å². The Morgan fingerprint density at radius 3 is 2.61 bits per heavy atom. The summed E-state index contributed by atoms with van der Waals surface area (Å²) in [6, 6.07) is 0. The summed E-state index contributed by atoms with van der Waals surface area (Å²) < 4.78 is 24.3. The number of aryl methyl sites for hydroxylation is 1. The minimum Gasteiger partial charge on any atom is -0.385 e. The molecule has 0 aromatic carbocycles. The third kappa shape index (κ3) is 4.03. The Bertz CT molecular complexity index is 404. The van der Waals surface area contributed by atoms with Crippen LogP contribution in [0, 0.1) is 6.92 Å². The maximum Gasteiger partial charge on any atom is 0.265 e. The largest absolute Gasteiger partial charge is 0.385 e. The highest BCUT2D eigenvalue weighted by Crippen LogP contribution is 2.20. The van der Waals surface area contributed by atoms with Crippen LogP contribution < -0.4 is 5.32 Å². The predicted octanol–water partition coefficient (Wildman–Crippen LogP) is 2.43. The van der Waals surface area contributed by atoms with Crippen LogP contribution in [0.3, 0.4) is 0 Å². The molecule has 1 unspecified atom stereocenters.